The van der Waals surface area contributed by atoms with Crippen molar-refractivity contribution in [2.45, 2.75) is 44.7 Å². The molecule has 1 saturated carbocycles. The molecule has 1 heterocycles. The van der Waals surface area contributed by atoms with E-state index in [-0.39, 0.29) is 0 Å². The fraction of sp³-hybridized carbons (Fsp3) is 0.471. The summed E-state index contributed by atoms with van der Waals surface area (Å²) in [5.41, 5.74) is 2.33. The molecule has 1 aromatic heterocycles. The standard InChI is InChI=1S/C17H22N2S/c1-19(15-10-6-3-7-11-15)12-17-18-16(13-20-17)14-8-4-2-5-9-14/h2,4-5,8-9,13,15H,3,6-7,10-12H2,1H3. The van der Waals surface area contributed by atoms with Gasteiger partial charge in [0.1, 0.15) is 5.01 Å². The quantitative estimate of drug-likeness (QED) is 0.818. The average Bonchev–Trinajstić information content (AvgIpc) is 2.97. The van der Waals surface area contributed by atoms with Crippen molar-refractivity contribution in [2.75, 3.05) is 7.05 Å². The van der Waals surface area contributed by atoms with Crippen LogP contribution in [0.4, 0.5) is 0 Å². The van der Waals surface area contributed by atoms with Crippen molar-refractivity contribution in [3.8, 4) is 11.3 Å². The zero-order valence-corrected chi connectivity index (χ0v) is 12.9. The molecule has 0 amide bonds. The molecule has 1 aliphatic rings. The molecule has 1 aromatic carbocycles. The van der Waals surface area contributed by atoms with Crippen LogP contribution in [0.3, 0.4) is 0 Å². The van der Waals surface area contributed by atoms with Crippen molar-refractivity contribution in [3.63, 3.8) is 0 Å². The lowest BCUT2D eigenvalue weighted by atomic mass is 9.94. The summed E-state index contributed by atoms with van der Waals surface area (Å²) in [4.78, 5) is 7.28. The minimum absolute atomic E-state index is 0.757. The van der Waals surface area contributed by atoms with E-state index in [9.17, 15) is 0 Å². The van der Waals surface area contributed by atoms with Gasteiger partial charge in [-0.05, 0) is 19.9 Å². The first-order valence-electron chi connectivity index (χ1n) is 7.53. The van der Waals surface area contributed by atoms with Crippen molar-refractivity contribution >= 4 is 11.3 Å². The molecule has 0 atom stereocenters. The van der Waals surface area contributed by atoms with Crippen molar-refractivity contribution in [1.82, 2.24) is 9.88 Å². The van der Waals surface area contributed by atoms with E-state index in [1.165, 1.54) is 42.7 Å². The second-order valence-corrected chi connectivity index (χ2v) is 6.64. The number of hydrogen-bond acceptors (Lipinski definition) is 3. The highest BCUT2D eigenvalue weighted by molar-refractivity contribution is 7.09. The second kappa shape index (κ2) is 6.51. The maximum Gasteiger partial charge on any atom is 0.107 e. The number of thiazole rings is 1. The number of aromatic nitrogens is 1. The Hall–Kier alpha value is -1.19. The normalized spacial score (nSPS) is 16.7. The van der Waals surface area contributed by atoms with E-state index in [4.69, 9.17) is 4.98 Å². The molecule has 2 aromatic rings. The summed E-state index contributed by atoms with van der Waals surface area (Å²) in [6.45, 7) is 0.988. The maximum atomic E-state index is 4.79. The largest absolute Gasteiger partial charge is 0.297 e. The minimum Gasteiger partial charge on any atom is -0.297 e. The Morgan fingerprint density at radius 1 is 1.15 bits per heavy atom. The van der Waals surface area contributed by atoms with Gasteiger partial charge >= 0.3 is 0 Å². The van der Waals surface area contributed by atoms with Gasteiger partial charge in [0.15, 0.2) is 0 Å². The Bertz CT molecular complexity index is 529. The van der Waals surface area contributed by atoms with E-state index in [0.29, 0.717) is 0 Å². The molecule has 0 saturated heterocycles. The molecule has 1 aliphatic carbocycles. The van der Waals surface area contributed by atoms with Gasteiger partial charge in [-0.25, -0.2) is 4.98 Å². The summed E-state index contributed by atoms with van der Waals surface area (Å²) in [7, 11) is 2.25. The average molecular weight is 286 g/mol. The summed E-state index contributed by atoms with van der Waals surface area (Å²) in [5.74, 6) is 0. The van der Waals surface area contributed by atoms with Crippen molar-refractivity contribution in [3.05, 3.63) is 40.7 Å². The van der Waals surface area contributed by atoms with Gasteiger partial charge in [0.05, 0.1) is 12.2 Å². The van der Waals surface area contributed by atoms with Crippen LogP contribution >= 0.6 is 11.3 Å². The van der Waals surface area contributed by atoms with Gasteiger partial charge in [-0.3, -0.25) is 4.90 Å². The Morgan fingerprint density at radius 2 is 1.90 bits per heavy atom. The predicted molar refractivity (Wildman–Crippen MR) is 85.9 cm³/mol. The minimum atomic E-state index is 0.757. The predicted octanol–water partition coefficient (Wildman–Crippen LogP) is 4.57. The monoisotopic (exact) mass is 286 g/mol. The van der Waals surface area contributed by atoms with E-state index in [0.717, 1.165) is 18.3 Å². The zero-order chi connectivity index (χ0) is 13.8. The first-order valence-corrected chi connectivity index (χ1v) is 8.41. The molecule has 0 bridgehead atoms. The lowest BCUT2D eigenvalue weighted by molar-refractivity contribution is 0.184. The van der Waals surface area contributed by atoms with Crippen molar-refractivity contribution in [1.29, 1.82) is 0 Å². The third-order valence-corrected chi connectivity index (χ3v) is 5.04. The molecular formula is C17H22N2S. The molecule has 0 unspecified atom stereocenters. The van der Waals surface area contributed by atoms with Crippen LogP contribution in [0.1, 0.15) is 37.1 Å². The molecule has 3 heteroatoms. The third kappa shape index (κ3) is 3.28. The van der Waals surface area contributed by atoms with Crippen LogP contribution in [0, 0.1) is 0 Å². The van der Waals surface area contributed by atoms with E-state index in [1.54, 1.807) is 11.3 Å². The molecule has 0 aliphatic heterocycles. The fourth-order valence-electron chi connectivity index (χ4n) is 2.99. The maximum absolute atomic E-state index is 4.79. The van der Waals surface area contributed by atoms with Crippen LogP contribution in [0.15, 0.2) is 35.7 Å². The molecule has 20 heavy (non-hydrogen) atoms. The molecule has 106 valence electrons. The Balaban J connectivity index is 1.65. The number of benzene rings is 1. The van der Waals surface area contributed by atoms with Crippen LogP contribution in [0.2, 0.25) is 0 Å². The van der Waals surface area contributed by atoms with E-state index in [1.807, 2.05) is 6.07 Å². The Kier molecular flexibility index (Phi) is 4.48. The molecule has 1 fully saturated rings. The molecule has 0 N–H and O–H groups in total. The first kappa shape index (κ1) is 13.8. The summed E-state index contributed by atoms with van der Waals surface area (Å²) < 4.78 is 0. The summed E-state index contributed by atoms with van der Waals surface area (Å²) in [6.07, 6.45) is 6.91. The van der Waals surface area contributed by atoms with Crippen LogP contribution < -0.4 is 0 Å². The number of hydrogen-bond donors (Lipinski definition) is 0. The fourth-order valence-corrected chi connectivity index (χ4v) is 3.85. The molecular weight excluding hydrogens is 264 g/mol. The van der Waals surface area contributed by atoms with E-state index in [2.05, 4.69) is 41.6 Å². The summed E-state index contributed by atoms with van der Waals surface area (Å²) in [5, 5.41) is 3.41. The van der Waals surface area contributed by atoms with E-state index < -0.39 is 0 Å². The zero-order valence-electron chi connectivity index (χ0n) is 12.1. The van der Waals surface area contributed by atoms with Gasteiger partial charge in [0.2, 0.25) is 0 Å². The first-order chi connectivity index (χ1) is 9.83. The van der Waals surface area contributed by atoms with Gasteiger partial charge in [-0.15, -0.1) is 11.3 Å². The highest BCUT2D eigenvalue weighted by atomic mass is 32.1. The highest BCUT2D eigenvalue weighted by Crippen LogP contribution is 2.25. The summed E-state index contributed by atoms with van der Waals surface area (Å²) in [6, 6.07) is 11.2. The van der Waals surface area contributed by atoms with Gasteiger partial charge in [0.25, 0.3) is 0 Å². The Labute approximate surface area is 125 Å². The Morgan fingerprint density at radius 3 is 2.65 bits per heavy atom. The second-order valence-electron chi connectivity index (χ2n) is 5.70. The van der Waals surface area contributed by atoms with Gasteiger partial charge in [0, 0.05) is 17.0 Å². The van der Waals surface area contributed by atoms with Gasteiger partial charge in [-0.2, -0.15) is 0 Å². The highest BCUT2D eigenvalue weighted by Gasteiger charge is 2.18. The topological polar surface area (TPSA) is 16.1 Å². The van der Waals surface area contributed by atoms with Crippen LogP contribution in [0.5, 0.6) is 0 Å². The van der Waals surface area contributed by atoms with Crippen LogP contribution in [0.25, 0.3) is 11.3 Å². The third-order valence-electron chi connectivity index (χ3n) is 4.20. The van der Waals surface area contributed by atoms with Gasteiger partial charge in [-0.1, -0.05) is 49.6 Å². The number of nitrogens with zero attached hydrogens (tertiary/aromatic N) is 2. The smallest absolute Gasteiger partial charge is 0.107 e. The summed E-state index contributed by atoms with van der Waals surface area (Å²) >= 11 is 1.78. The molecule has 0 radical (unpaired) electrons. The van der Waals surface area contributed by atoms with Gasteiger partial charge < -0.3 is 0 Å². The lowest BCUT2D eigenvalue weighted by Gasteiger charge is -2.30. The van der Waals surface area contributed by atoms with Crippen molar-refractivity contribution in [2.24, 2.45) is 0 Å². The molecule has 2 nitrogen and oxygen atoms in total. The molecule has 0 spiro atoms. The van der Waals surface area contributed by atoms with Crippen LogP contribution in [-0.2, 0) is 6.54 Å². The lowest BCUT2D eigenvalue weighted by Crippen LogP contribution is -2.32. The van der Waals surface area contributed by atoms with E-state index >= 15 is 0 Å². The van der Waals surface area contributed by atoms with Crippen LogP contribution in [-0.4, -0.2) is 23.0 Å². The van der Waals surface area contributed by atoms with Crippen molar-refractivity contribution < 1.29 is 0 Å². The SMILES string of the molecule is CN(Cc1nc(-c2ccccc2)cs1)C1CCCCC1. The number of rotatable bonds is 4. The molecule has 3 rings (SSSR count).